The van der Waals surface area contributed by atoms with Crippen LogP contribution in [0.3, 0.4) is 0 Å². The molecule has 0 spiro atoms. The molecule has 0 saturated carbocycles. The number of hydrogen-bond acceptors (Lipinski definition) is 5. The van der Waals surface area contributed by atoms with Gasteiger partial charge < -0.3 is 4.90 Å². The van der Waals surface area contributed by atoms with Crippen LogP contribution in [0.1, 0.15) is 10.4 Å². The van der Waals surface area contributed by atoms with Crippen molar-refractivity contribution in [2.75, 3.05) is 26.2 Å². The highest BCUT2D eigenvalue weighted by molar-refractivity contribution is 7.71. The van der Waals surface area contributed by atoms with Crippen molar-refractivity contribution in [1.29, 1.82) is 0 Å². The standard InChI is InChI=1S/C20H22ClN5OS2/c1-14-2-4-15(5-3-14)19-22-23-20(28)26(19)13-18(27)25-10-8-24(9-11-25)12-16-6-7-17(21)29-16/h2-7H,8-13H2,1H3,(H,23,28). The van der Waals surface area contributed by atoms with E-state index in [2.05, 4.69) is 21.2 Å². The van der Waals surface area contributed by atoms with Gasteiger partial charge in [0.2, 0.25) is 5.91 Å². The fourth-order valence-corrected chi connectivity index (χ4v) is 4.76. The lowest BCUT2D eigenvalue weighted by Gasteiger charge is -2.34. The number of hydrogen-bond donors (Lipinski definition) is 1. The molecule has 6 nitrogen and oxygen atoms in total. The molecule has 1 saturated heterocycles. The van der Waals surface area contributed by atoms with E-state index in [1.165, 1.54) is 10.4 Å². The molecule has 1 fully saturated rings. The maximum absolute atomic E-state index is 12.9. The smallest absolute Gasteiger partial charge is 0.242 e. The van der Waals surface area contributed by atoms with Gasteiger partial charge in [-0.25, -0.2) is 0 Å². The molecule has 0 aliphatic carbocycles. The quantitative estimate of drug-likeness (QED) is 0.601. The molecule has 1 aromatic carbocycles. The number of carbonyl (C=O) groups is 1. The van der Waals surface area contributed by atoms with Crippen LogP contribution in [0.25, 0.3) is 11.4 Å². The lowest BCUT2D eigenvalue weighted by Crippen LogP contribution is -2.49. The lowest BCUT2D eigenvalue weighted by molar-refractivity contribution is -0.133. The summed E-state index contributed by atoms with van der Waals surface area (Å²) in [5, 5.41) is 7.15. The van der Waals surface area contributed by atoms with Gasteiger partial charge in [-0.05, 0) is 31.3 Å². The Morgan fingerprint density at radius 1 is 1.17 bits per heavy atom. The van der Waals surface area contributed by atoms with Gasteiger partial charge >= 0.3 is 0 Å². The Morgan fingerprint density at radius 2 is 1.90 bits per heavy atom. The molecule has 1 aliphatic rings. The predicted molar refractivity (Wildman–Crippen MR) is 119 cm³/mol. The van der Waals surface area contributed by atoms with Crippen LogP contribution in [0.5, 0.6) is 0 Å². The SMILES string of the molecule is Cc1ccc(-c2n[nH]c(=S)n2CC(=O)N2CCN(Cc3ccc(Cl)s3)CC2)cc1. The van der Waals surface area contributed by atoms with Crippen molar-refractivity contribution in [3.63, 3.8) is 0 Å². The van der Waals surface area contributed by atoms with E-state index in [1.54, 1.807) is 15.9 Å². The van der Waals surface area contributed by atoms with E-state index in [-0.39, 0.29) is 12.5 Å². The van der Waals surface area contributed by atoms with E-state index in [1.807, 2.05) is 42.2 Å². The number of benzene rings is 1. The molecule has 0 bridgehead atoms. The van der Waals surface area contributed by atoms with Gasteiger partial charge in [0.1, 0.15) is 6.54 Å². The first-order chi connectivity index (χ1) is 14.0. The van der Waals surface area contributed by atoms with E-state index < -0.39 is 0 Å². The fraction of sp³-hybridized carbons (Fsp3) is 0.350. The minimum Gasteiger partial charge on any atom is -0.339 e. The first-order valence-corrected chi connectivity index (χ1v) is 11.1. The number of amides is 1. The van der Waals surface area contributed by atoms with Crippen LogP contribution < -0.4 is 0 Å². The van der Waals surface area contributed by atoms with E-state index in [9.17, 15) is 4.79 Å². The van der Waals surface area contributed by atoms with E-state index in [0.29, 0.717) is 23.7 Å². The summed E-state index contributed by atoms with van der Waals surface area (Å²) in [6.07, 6.45) is 0. The molecule has 0 atom stereocenters. The Bertz CT molecular complexity index is 1050. The first-order valence-electron chi connectivity index (χ1n) is 9.46. The van der Waals surface area contributed by atoms with E-state index >= 15 is 0 Å². The van der Waals surface area contributed by atoms with Gasteiger partial charge in [-0.2, -0.15) is 5.10 Å². The molecule has 1 aliphatic heterocycles. The van der Waals surface area contributed by atoms with Gasteiger partial charge in [0.15, 0.2) is 10.6 Å². The molecule has 29 heavy (non-hydrogen) atoms. The second-order valence-electron chi connectivity index (χ2n) is 7.17. The van der Waals surface area contributed by atoms with Crippen LogP contribution in [-0.4, -0.2) is 56.7 Å². The van der Waals surface area contributed by atoms with E-state index in [0.717, 1.165) is 29.5 Å². The van der Waals surface area contributed by atoms with Crippen molar-refractivity contribution >= 4 is 41.1 Å². The van der Waals surface area contributed by atoms with Gasteiger partial charge in [0, 0.05) is 43.2 Å². The molecule has 3 heterocycles. The molecule has 1 N–H and O–H groups in total. The van der Waals surface area contributed by atoms with Crippen molar-refractivity contribution in [1.82, 2.24) is 24.6 Å². The van der Waals surface area contributed by atoms with Gasteiger partial charge in [0.05, 0.1) is 4.34 Å². The lowest BCUT2D eigenvalue weighted by atomic mass is 10.1. The molecule has 1 amide bonds. The topological polar surface area (TPSA) is 57.2 Å². The average molecular weight is 448 g/mol. The van der Waals surface area contributed by atoms with Gasteiger partial charge in [-0.15, -0.1) is 11.3 Å². The molecular weight excluding hydrogens is 426 g/mol. The number of aromatic nitrogens is 3. The molecule has 2 aromatic heterocycles. The number of piperazine rings is 1. The third-order valence-electron chi connectivity index (χ3n) is 5.09. The summed E-state index contributed by atoms with van der Waals surface area (Å²) in [4.78, 5) is 18.4. The van der Waals surface area contributed by atoms with Crippen molar-refractivity contribution in [3.05, 3.63) is 55.9 Å². The van der Waals surface area contributed by atoms with Gasteiger partial charge in [-0.3, -0.25) is 19.4 Å². The van der Waals surface area contributed by atoms with Crippen LogP contribution in [0, 0.1) is 11.7 Å². The van der Waals surface area contributed by atoms with Crippen molar-refractivity contribution in [2.45, 2.75) is 20.0 Å². The second-order valence-corrected chi connectivity index (χ2v) is 9.35. The number of nitrogens with zero attached hydrogens (tertiary/aromatic N) is 4. The van der Waals surface area contributed by atoms with Gasteiger partial charge in [-0.1, -0.05) is 41.4 Å². The largest absolute Gasteiger partial charge is 0.339 e. The number of nitrogens with one attached hydrogen (secondary N) is 1. The zero-order valence-electron chi connectivity index (χ0n) is 16.1. The molecule has 152 valence electrons. The maximum atomic E-state index is 12.9. The van der Waals surface area contributed by atoms with Crippen molar-refractivity contribution in [3.8, 4) is 11.4 Å². The molecule has 3 aromatic rings. The number of rotatable bonds is 5. The summed E-state index contributed by atoms with van der Waals surface area (Å²) in [6, 6.07) is 12.0. The number of aryl methyl sites for hydroxylation is 1. The first kappa shape index (κ1) is 20.3. The zero-order valence-corrected chi connectivity index (χ0v) is 18.5. The van der Waals surface area contributed by atoms with Crippen LogP contribution in [0.15, 0.2) is 36.4 Å². The van der Waals surface area contributed by atoms with E-state index in [4.69, 9.17) is 23.8 Å². The third kappa shape index (κ3) is 4.78. The molecule has 0 unspecified atom stereocenters. The summed E-state index contributed by atoms with van der Waals surface area (Å²) < 4.78 is 3.06. The highest BCUT2D eigenvalue weighted by Gasteiger charge is 2.23. The number of aromatic amines is 1. The Labute approximate surface area is 183 Å². The maximum Gasteiger partial charge on any atom is 0.242 e. The summed E-state index contributed by atoms with van der Waals surface area (Å²) in [5.41, 5.74) is 2.11. The summed E-state index contributed by atoms with van der Waals surface area (Å²) in [5.74, 6) is 0.756. The number of carbonyl (C=O) groups excluding carboxylic acids is 1. The molecule has 9 heteroatoms. The number of H-pyrrole nitrogens is 1. The van der Waals surface area contributed by atoms with Crippen molar-refractivity contribution in [2.24, 2.45) is 0 Å². The summed E-state index contributed by atoms with van der Waals surface area (Å²) in [6.45, 7) is 6.23. The van der Waals surface area contributed by atoms with Crippen LogP contribution in [0.2, 0.25) is 4.34 Å². The molecule has 4 rings (SSSR count). The summed E-state index contributed by atoms with van der Waals surface area (Å²) in [7, 11) is 0. The average Bonchev–Trinajstić information content (AvgIpc) is 3.29. The predicted octanol–water partition coefficient (Wildman–Crippen LogP) is 3.98. The monoisotopic (exact) mass is 447 g/mol. The van der Waals surface area contributed by atoms with Crippen molar-refractivity contribution < 1.29 is 4.79 Å². The Balaban J connectivity index is 1.39. The second kappa shape index (κ2) is 8.79. The Hall–Kier alpha value is -2.00. The minimum absolute atomic E-state index is 0.0645. The minimum atomic E-state index is 0.0645. The van der Waals surface area contributed by atoms with Gasteiger partial charge in [0.25, 0.3) is 0 Å². The fourth-order valence-electron chi connectivity index (χ4n) is 3.44. The number of thiophene rings is 1. The van der Waals surface area contributed by atoms with Crippen LogP contribution in [-0.2, 0) is 17.9 Å². The molecule has 0 radical (unpaired) electrons. The van der Waals surface area contributed by atoms with Crippen LogP contribution >= 0.6 is 35.2 Å². The zero-order chi connectivity index (χ0) is 20.4. The normalized spacial score (nSPS) is 15.0. The highest BCUT2D eigenvalue weighted by Crippen LogP contribution is 2.23. The summed E-state index contributed by atoms with van der Waals surface area (Å²) >= 11 is 13.0. The Morgan fingerprint density at radius 3 is 2.55 bits per heavy atom. The highest BCUT2D eigenvalue weighted by atomic mass is 35.5. The van der Waals surface area contributed by atoms with Crippen LogP contribution in [0.4, 0.5) is 0 Å². The molecular formula is C20H22ClN5OS2. The number of halogens is 1. The third-order valence-corrected chi connectivity index (χ3v) is 6.62. The Kier molecular flexibility index (Phi) is 6.15.